The Labute approximate surface area is 317 Å². The van der Waals surface area contributed by atoms with E-state index in [2.05, 4.69) is 42.8 Å². The number of carbonyl (C=O) groups is 2. The Morgan fingerprint density at radius 2 is 1.88 bits per heavy atom. The normalized spacial score (nSPS) is 15.7. The number of amidine groups is 1. The molecular weight excluding hydrogens is 685 g/mol. The molecule has 51 heavy (non-hydrogen) atoms. The molecule has 0 heterocycles. The van der Waals surface area contributed by atoms with Gasteiger partial charge in [-0.25, -0.2) is 4.99 Å². The Balaban J connectivity index is 3.32. The molecule has 0 aromatic carbocycles. The first kappa shape index (κ1) is 45.9. The monoisotopic (exact) mass is 745 g/mol. The van der Waals surface area contributed by atoms with E-state index in [1.807, 2.05) is 45.2 Å². The van der Waals surface area contributed by atoms with E-state index in [1.165, 1.54) is 0 Å². The van der Waals surface area contributed by atoms with Gasteiger partial charge in [-0.05, 0) is 81.6 Å². The molecule has 0 bridgehead atoms. The number of nitrogens with zero attached hydrogens (tertiary/aromatic N) is 2. The zero-order valence-electron chi connectivity index (χ0n) is 31.4. The molecule has 8 nitrogen and oxygen atoms in total. The molecule has 1 rings (SSSR count). The minimum absolute atomic E-state index is 0.0303. The van der Waals surface area contributed by atoms with Crippen LogP contribution in [0.25, 0.3) is 0 Å². The molecule has 0 saturated carbocycles. The van der Waals surface area contributed by atoms with Gasteiger partial charge < -0.3 is 25.2 Å². The summed E-state index contributed by atoms with van der Waals surface area (Å²) in [7, 11) is 2.00. The van der Waals surface area contributed by atoms with Crippen molar-refractivity contribution in [3.8, 4) is 0 Å². The van der Waals surface area contributed by atoms with Crippen LogP contribution >= 0.6 is 23.2 Å². The highest BCUT2D eigenvalue weighted by atomic mass is 35.5. The van der Waals surface area contributed by atoms with Gasteiger partial charge in [0, 0.05) is 30.1 Å². The number of rotatable bonds is 25. The number of hydrogen-bond donors (Lipinski definition) is 3. The fourth-order valence-electron chi connectivity index (χ4n) is 5.38. The van der Waals surface area contributed by atoms with Crippen molar-refractivity contribution < 1.29 is 24.5 Å². The van der Waals surface area contributed by atoms with Gasteiger partial charge in [-0.3, -0.25) is 9.59 Å². The van der Waals surface area contributed by atoms with Crippen LogP contribution in [0.15, 0.2) is 98.7 Å². The Hall–Kier alpha value is -3.17. The van der Waals surface area contributed by atoms with Crippen LogP contribution in [0.2, 0.25) is 0 Å². The molecule has 1 aliphatic rings. The van der Waals surface area contributed by atoms with Crippen LogP contribution < -0.4 is 5.32 Å². The molecule has 1 aliphatic carbocycles. The number of carboxylic acid groups (broad SMARTS) is 1. The van der Waals surface area contributed by atoms with Gasteiger partial charge in [0.05, 0.1) is 37.5 Å². The minimum atomic E-state index is -0.872. The van der Waals surface area contributed by atoms with Crippen molar-refractivity contribution in [3.05, 3.63) is 93.7 Å². The third-order valence-electron chi connectivity index (χ3n) is 8.18. The van der Waals surface area contributed by atoms with Gasteiger partial charge in [-0.2, -0.15) is 0 Å². The Morgan fingerprint density at radius 3 is 2.55 bits per heavy atom. The maximum absolute atomic E-state index is 13.5. The number of hydrogen-bond acceptors (Lipinski definition) is 5. The minimum Gasteiger partial charge on any atom is -0.481 e. The summed E-state index contributed by atoms with van der Waals surface area (Å²) < 4.78 is 5.81. The first-order valence-corrected chi connectivity index (χ1v) is 19.0. The van der Waals surface area contributed by atoms with Crippen molar-refractivity contribution in [2.24, 2.45) is 4.99 Å². The van der Waals surface area contributed by atoms with Crippen LogP contribution in [0.4, 0.5) is 0 Å². The number of aliphatic carboxylic acids is 1. The molecule has 0 radical (unpaired) electrons. The SMILES string of the molecule is C=C(N=C(C(C/C(=C/CC)C/C=C\COCC(/C=C\CC(=O)O)=C/C)NC(=O)CCCC(O)CCC)N(C)CCCC)C1=C(Cl)C=C(Cl)C=CC1. The Morgan fingerprint density at radius 1 is 1.12 bits per heavy atom. The lowest BCUT2D eigenvalue weighted by molar-refractivity contribution is -0.136. The number of ether oxygens (including phenoxy) is 1. The molecule has 1 amide bonds. The number of aliphatic hydroxyl groups is 1. The zero-order chi connectivity index (χ0) is 38.0. The number of nitrogens with one attached hydrogen (secondary N) is 1. The first-order valence-electron chi connectivity index (χ1n) is 18.3. The zero-order valence-corrected chi connectivity index (χ0v) is 32.9. The summed E-state index contributed by atoms with van der Waals surface area (Å²) in [6.07, 6.45) is 24.2. The topological polar surface area (TPSA) is 111 Å². The van der Waals surface area contributed by atoms with Gasteiger partial charge in [0.2, 0.25) is 5.91 Å². The molecule has 284 valence electrons. The van der Waals surface area contributed by atoms with Crippen molar-refractivity contribution in [1.29, 1.82) is 0 Å². The second-order valence-electron chi connectivity index (χ2n) is 12.6. The molecule has 0 spiro atoms. The van der Waals surface area contributed by atoms with E-state index in [0.29, 0.717) is 73.3 Å². The van der Waals surface area contributed by atoms with Gasteiger partial charge in [-0.15, -0.1) is 0 Å². The maximum atomic E-state index is 13.5. The largest absolute Gasteiger partial charge is 0.481 e. The number of aliphatic imine (C=N–C) groups is 1. The summed E-state index contributed by atoms with van der Waals surface area (Å²) in [5.74, 6) is -0.257. The fraction of sp³-hybridized carbons (Fsp3) is 0.537. The van der Waals surface area contributed by atoms with Gasteiger partial charge in [0.15, 0.2) is 0 Å². The van der Waals surface area contributed by atoms with Gasteiger partial charge in [0.1, 0.15) is 5.84 Å². The molecule has 0 saturated heterocycles. The van der Waals surface area contributed by atoms with E-state index in [0.717, 1.165) is 55.4 Å². The lowest BCUT2D eigenvalue weighted by atomic mass is 9.99. The van der Waals surface area contributed by atoms with E-state index in [9.17, 15) is 14.7 Å². The van der Waals surface area contributed by atoms with E-state index >= 15 is 0 Å². The smallest absolute Gasteiger partial charge is 0.307 e. The molecule has 2 unspecified atom stereocenters. The van der Waals surface area contributed by atoms with Crippen LogP contribution in [-0.2, 0) is 14.3 Å². The predicted molar refractivity (Wildman–Crippen MR) is 214 cm³/mol. The first-order chi connectivity index (χ1) is 24.4. The molecule has 0 aliphatic heterocycles. The van der Waals surface area contributed by atoms with Gasteiger partial charge >= 0.3 is 5.97 Å². The molecule has 0 fully saturated rings. The van der Waals surface area contributed by atoms with E-state index < -0.39 is 18.1 Å². The van der Waals surface area contributed by atoms with E-state index in [4.69, 9.17) is 38.0 Å². The van der Waals surface area contributed by atoms with Crippen molar-refractivity contribution in [1.82, 2.24) is 10.2 Å². The second kappa shape index (κ2) is 27.5. The standard InChI is InChI=1S/C41H61Cl2N3O5/c1-7-11-26-46(6)41(44-31(5)36-23-15-21-34(42)29-37(36)43)38(45-39(48)24-16-22-35(47)18-9-3)28-33(17-8-2)19-12-13-27-51-30-32(10-4)20-14-25-40(49)50/h10,12-15,17,20-21,29,35,38,47H,5,7-9,11,16,18-19,22-28,30H2,1-4,6H3,(H,45,48)(H,49,50)/b13-12-,20-14-,32-10+,33-17+,44-41?. The molecule has 10 heteroatoms. The second-order valence-corrected chi connectivity index (χ2v) is 13.5. The summed E-state index contributed by atoms with van der Waals surface area (Å²) >= 11 is 12.9. The Bertz CT molecular complexity index is 1360. The van der Waals surface area contributed by atoms with Gasteiger partial charge in [-0.1, -0.05) is 111 Å². The number of aliphatic hydroxyl groups excluding tert-OH is 1. The molecule has 0 aromatic rings. The fourth-order valence-corrected chi connectivity index (χ4v) is 5.94. The number of halogens is 2. The van der Waals surface area contributed by atoms with Crippen molar-refractivity contribution in [3.63, 3.8) is 0 Å². The molecule has 3 N–H and O–H groups in total. The predicted octanol–water partition coefficient (Wildman–Crippen LogP) is 9.69. The van der Waals surface area contributed by atoms with Crippen LogP contribution in [0, 0.1) is 0 Å². The highest BCUT2D eigenvalue weighted by Crippen LogP contribution is 2.29. The lowest BCUT2D eigenvalue weighted by Crippen LogP contribution is -2.48. The molecule has 2 atom stereocenters. The van der Waals surface area contributed by atoms with Crippen LogP contribution in [0.3, 0.4) is 0 Å². The van der Waals surface area contributed by atoms with Crippen LogP contribution in [0.5, 0.6) is 0 Å². The number of carbonyl (C=O) groups excluding carboxylic acids is 1. The number of carboxylic acids is 1. The average molecular weight is 747 g/mol. The van der Waals surface area contributed by atoms with Crippen LogP contribution in [0.1, 0.15) is 105 Å². The molecule has 0 aromatic heterocycles. The summed E-state index contributed by atoms with van der Waals surface area (Å²) in [5, 5.41) is 23.4. The highest BCUT2D eigenvalue weighted by Gasteiger charge is 2.24. The average Bonchev–Trinajstić information content (AvgIpc) is 3.25. The van der Waals surface area contributed by atoms with E-state index in [1.54, 1.807) is 18.2 Å². The summed E-state index contributed by atoms with van der Waals surface area (Å²) in [6.45, 7) is 14.0. The van der Waals surface area contributed by atoms with Crippen molar-refractivity contribution in [2.75, 3.05) is 26.8 Å². The summed E-state index contributed by atoms with van der Waals surface area (Å²) in [4.78, 5) is 31.4. The van der Waals surface area contributed by atoms with E-state index in [-0.39, 0.29) is 12.3 Å². The Kier molecular flexibility index (Phi) is 24.7. The lowest BCUT2D eigenvalue weighted by Gasteiger charge is -2.30. The third kappa shape index (κ3) is 20.5. The quantitative estimate of drug-likeness (QED) is 0.0282. The van der Waals surface area contributed by atoms with Gasteiger partial charge in [0.25, 0.3) is 0 Å². The highest BCUT2D eigenvalue weighted by molar-refractivity contribution is 6.35. The maximum Gasteiger partial charge on any atom is 0.307 e. The summed E-state index contributed by atoms with van der Waals surface area (Å²) in [6, 6.07) is -0.436. The number of unbranched alkanes of at least 4 members (excludes halogenated alkanes) is 1. The van der Waals surface area contributed by atoms with Crippen molar-refractivity contribution >= 4 is 40.9 Å². The van der Waals surface area contributed by atoms with Crippen molar-refractivity contribution in [2.45, 2.75) is 117 Å². The van der Waals surface area contributed by atoms with Crippen LogP contribution in [-0.4, -0.2) is 71.8 Å². The number of allylic oxidation sites excluding steroid dienone is 9. The molecular formula is C41H61Cl2N3O5. The summed E-state index contributed by atoms with van der Waals surface area (Å²) in [5.41, 5.74) is 3.34. The number of amides is 1. The number of likely N-dealkylation sites (N-methyl/N-ethyl adjacent to an activating group) is 1. The third-order valence-corrected chi connectivity index (χ3v) is 8.75.